The molecular formula is C20H22N2O3. The molecule has 130 valence electrons. The molecule has 0 aromatic heterocycles. The van der Waals surface area contributed by atoms with E-state index in [-0.39, 0.29) is 30.6 Å². The minimum absolute atomic E-state index is 0.0571. The molecule has 2 rings (SSSR count). The van der Waals surface area contributed by atoms with E-state index in [0.717, 1.165) is 11.3 Å². The van der Waals surface area contributed by atoms with Crippen LogP contribution >= 0.6 is 0 Å². The van der Waals surface area contributed by atoms with Crippen molar-refractivity contribution in [2.75, 3.05) is 16.8 Å². The van der Waals surface area contributed by atoms with Crippen LogP contribution in [0.3, 0.4) is 0 Å². The molecule has 0 radical (unpaired) electrons. The van der Waals surface area contributed by atoms with Crippen LogP contribution in [0.15, 0.2) is 48.5 Å². The number of carbonyl (C=O) groups is 3. The summed E-state index contributed by atoms with van der Waals surface area (Å²) in [5.74, 6) is -0.380. The summed E-state index contributed by atoms with van der Waals surface area (Å²) in [6, 6.07) is 14.4. The number of nitrogens with one attached hydrogen (secondary N) is 1. The van der Waals surface area contributed by atoms with E-state index in [9.17, 15) is 14.4 Å². The molecule has 0 saturated carbocycles. The zero-order valence-corrected chi connectivity index (χ0v) is 14.7. The number of aryl methyl sites for hydroxylation is 1. The lowest BCUT2D eigenvalue weighted by molar-refractivity contribution is -0.117. The molecule has 0 aliphatic heterocycles. The van der Waals surface area contributed by atoms with Gasteiger partial charge < -0.3 is 10.2 Å². The van der Waals surface area contributed by atoms with Gasteiger partial charge in [0.05, 0.1) is 0 Å². The van der Waals surface area contributed by atoms with E-state index in [2.05, 4.69) is 5.32 Å². The number of anilines is 2. The number of carbonyl (C=O) groups excluding carboxylic acids is 3. The van der Waals surface area contributed by atoms with Crippen LogP contribution in [0.25, 0.3) is 0 Å². The summed E-state index contributed by atoms with van der Waals surface area (Å²) in [6.45, 7) is 5.21. The van der Waals surface area contributed by atoms with E-state index in [1.165, 1.54) is 13.8 Å². The summed E-state index contributed by atoms with van der Waals surface area (Å²) in [6.07, 6.45) is 0.165. The Morgan fingerprint density at radius 2 is 1.72 bits per heavy atom. The van der Waals surface area contributed by atoms with E-state index in [0.29, 0.717) is 11.3 Å². The van der Waals surface area contributed by atoms with Crippen molar-refractivity contribution in [1.82, 2.24) is 0 Å². The molecule has 0 spiro atoms. The maximum absolute atomic E-state index is 12.2. The second kappa shape index (κ2) is 8.24. The van der Waals surface area contributed by atoms with Crippen molar-refractivity contribution in [1.29, 1.82) is 0 Å². The smallest absolute Gasteiger partial charge is 0.226 e. The van der Waals surface area contributed by atoms with Gasteiger partial charge in [-0.1, -0.05) is 24.3 Å². The molecule has 1 N–H and O–H groups in total. The average molecular weight is 338 g/mol. The molecule has 0 unspecified atom stereocenters. The molecule has 0 aliphatic carbocycles. The summed E-state index contributed by atoms with van der Waals surface area (Å²) in [7, 11) is 0. The first-order valence-corrected chi connectivity index (χ1v) is 8.12. The maximum atomic E-state index is 12.2. The number of benzene rings is 2. The number of ketones is 1. The van der Waals surface area contributed by atoms with Gasteiger partial charge in [-0.15, -0.1) is 0 Å². The van der Waals surface area contributed by atoms with Crippen LogP contribution < -0.4 is 10.2 Å². The quantitative estimate of drug-likeness (QED) is 0.819. The van der Waals surface area contributed by atoms with Crippen molar-refractivity contribution in [2.24, 2.45) is 0 Å². The molecule has 2 aromatic rings. The van der Waals surface area contributed by atoms with Crippen LogP contribution in [0, 0.1) is 6.92 Å². The number of hydrogen-bond donors (Lipinski definition) is 1. The van der Waals surface area contributed by atoms with E-state index < -0.39 is 0 Å². The molecule has 2 amide bonds. The van der Waals surface area contributed by atoms with Crippen molar-refractivity contribution in [3.8, 4) is 0 Å². The zero-order valence-electron chi connectivity index (χ0n) is 14.7. The predicted octanol–water partition coefficient (Wildman–Crippen LogP) is 3.58. The molecule has 5 nitrogen and oxygen atoms in total. The van der Waals surface area contributed by atoms with E-state index in [4.69, 9.17) is 0 Å². The fourth-order valence-electron chi connectivity index (χ4n) is 2.52. The molecule has 25 heavy (non-hydrogen) atoms. The Bertz CT molecular complexity index is 799. The van der Waals surface area contributed by atoms with Crippen LogP contribution in [0.1, 0.15) is 36.2 Å². The molecule has 0 heterocycles. The maximum Gasteiger partial charge on any atom is 0.226 e. The molecule has 2 aromatic carbocycles. The topological polar surface area (TPSA) is 66.5 Å². The van der Waals surface area contributed by atoms with Crippen LogP contribution in [0.5, 0.6) is 0 Å². The molecule has 0 fully saturated rings. The van der Waals surface area contributed by atoms with Gasteiger partial charge in [-0.25, -0.2) is 0 Å². The van der Waals surface area contributed by atoms with Crippen LogP contribution in [0.4, 0.5) is 11.4 Å². The van der Waals surface area contributed by atoms with Crippen molar-refractivity contribution >= 4 is 29.0 Å². The molecule has 0 aliphatic rings. The van der Waals surface area contributed by atoms with Crippen LogP contribution in [0.2, 0.25) is 0 Å². The molecular weight excluding hydrogens is 316 g/mol. The minimum atomic E-state index is -0.209. The molecule has 0 atom stereocenters. The third kappa shape index (κ3) is 5.28. The lowest BCUT2D eigenvalue weighted by Crippen LogP contribution is -2.32. The van der Waals surface area contributed by atoms with Gasteiger partial charge in [0.2, 0.25) is 11.8 Å². The summed E-state index contributed by atoms with van der Waals surface area (Å²) in [4.78, 5) is 37.1. The number of amides is 2. The second-order valence-corrected chi connectivity index (χ2v) is 5.94. The highest BCUT2D eigenvalue weighted by atomic mass is 16.2. The minimum Gasteiger partial charge on any atom is -0.326 e. The molecule has 0 bridgehead atoms. The normalized spacial score (nSPS) is 10.2. The fraction of sp³-hybridized carbons (Fsp3) is 0.250. The predicted molar refractivity (Wildman–Crippen MR) is 98.9 cm³/mol. The van der Waals surface area contributed by atoms with Crippen molar-refractivity contribution in [2.45, 2.75) is 27.2 Å². The summed E-state index contributed by atoms with van der Waals surface area (Å²) in [5, 5.41) is 2.77. The highest BCUT2D eigenvalue weighted by Crippen LogP contribution is 2.17. The molecule has 0 saturated heterocycles. The third-order valence-electron chi connectivity index (χ3n) is 3.81. The zero-order chi connectivity index (χ0) is 18.4. The largest absolute Gasteiger partial charge is 0.326 e. The Balaban J connectivity index is 2.01. The second-order valence-electron chi connectivity index (χ2n) is 5.94. The first kappa shape index (κ1) is 18.4. The van der Waals surface area contributed by atoms with E-state index in [1.807, 2.05) is 31.2 Å². The van der Waals surface area contributed by atoms with Gasteiger partial charge in [0.1, 0.15) is 0 Å². The Hall–Kier alpha value is -2.95. The fourth-order valence-corrected chi connectivity index (χ4v) is 2.52. The number of nitrogens with zero attached hydrogens (tertiary/aromatic N) is 1. The Kier molecular flexibility index (Phi) is 6.06. The van der Waals surface area contributed by atoms with Gasteiger partial charge in [-0.3, -0.25) is 14.4 Å². The molecule has 5 heteroatoms. The van der Waals surface area contributed by atoms with Crippen LogP contribution in [-0.4, -0.2) is 24.1 Å². The first-order valence-electron chi connectivity index (χ1n) is 8.12. The SMILES string of the molecule is CC(=O)c1cccc(NC(=O)CCN(C(C)=O)c2cccc(C)c2)c1. The monoisotopic (exact) mass is 338 g/mol. The highest BCUT2D eigenvalue weighted by molar-refractivity contribution is 5.97. The van der Waals surface area contributed by atoms with Gasteiger partial charge in [-0.05, 0) is 43.7 Å². The van der Waals surface area contributed by atoms with Gasteiger partial charge >= 0.3 is 0 Å². The van der Waals surface area contributed by atoms with Gasteiger partial charge in [0, 0.05) is 36.8 Å². The summed E-state index contributed by atoms with van der Waals surface area (Å²) >= 11 is 0. The Morgan fingerprint density at radius 3 is 2.36 bits per heavy atom. The standard InChI is InChI=1S/C20H22N2O3/c1-14-6-4-9-19(12-14)22(16(3)24)11-10-20(25)21-18-8-5-7-17(13-18)15(2)23/h4-9,12-13H,10-11H2,1-3H3,(H,21,25). The first-order chi connectivity index (χ1) is 11.9. The lowest BCUT2D eigenvalue weighted by atomic mass is 10.1. The van der Waals surface area contributed by atoms with Crippen molar-refractivity contribution in [3.63, 3.8) is 0 Å². The number of rotatable bonds is 6. The highest BCUT2D eigenvalue weighted by Gasteiger charge is 2.14. The number of Topliss-reactive ketones (excluding diaryl/α,β-unsaturated/α-hetero) is 1. The van der Waals surface area contributed by atoms with E-state index >= 15 is 0 Å². The van der Waals surface area contributed by atoms with Gasteiger partial charge in [0.15, 0.2) is 5.78 Å². The average Bonchev–Trinajstić information content (AvgIpc) is 2.55. The Labute approximate surface area is 147 Å². The van der Waals surface area contributed by atoms with Gasteiger partial charge in [-0.2, -0.15) is 0 Å². The van der Waals surface area contributed by atoms with E-state index in [1.54, 1.807) is 29.2 Å². The summed E-state index contributed by atoms with van der Waals surface area (Å²) in [5.41, 5.74) is 2.94. The Morgan fingerprint density at radius 1 is 1.00 bits per heavy atom. The third-order valence-corrected chi connectivity index (χ3v) is 3.81. The van der Waals surface area contributed by atoms with Gasteiger partial charge in [0.25, 0.3) is 0 Å². The lowest BCUT2D eigenvalue weighted by Gasteiger charge is -2.21. The van der Waals surface area contributed by atoms with Crippen LogP contribution in [-0.2, 0) is 9.59 Å². The van der Waals surface area contributed by atoms with Crippen molar-refractivity contribution < 1.29 is 14.4 Å². The van der Waals surface area contributed by atoms with Crippen molar-refractivity contribution in [3.05, 3.63) is 59.7 Å². The summed E-state index contributed by atoms with van der Waals surface area (Å²) < 4.78 is 0. The number of hydrogen-bond acceptors (Lipinski definition) is 3.